The van der Waals surface area contributed by atoms with E-state index in [1.54, 1.807) is 43.0 Å². The number of rotatable bonds is 3. The highest BCUT2D eigenvalue weighted by Crippen LogP contribution is 2.41. The van der Waals surface area contributed by atoms with Crippen LogP contribution >= 0.6 is 11.6 Å². The van der Waals surface area contributed by atoms with E-state index in [1.807, 2.05) is 0 Å². The van der Waals surface area contributed by atoms with E-state index < -0.39 is 11.6 Å². The van der Waals surface area contributed by atoms with Crippen molar-refractivity contribution < 1.29 is 18.7 Å². The van der Waals surface area contributed by atoms with E-state index in [0.29, 0.717) is 35.1 Å². The van der Waals surface area contributed by atoms with Crippen molar-refractivity contribution in [2.24, 2.45) is 0 Å². The molecule has 0 saturated carbocycles. The Morgan fingerprint density at radius 1 is 1.10 bits per heavy atom. The molecule has 1 aliphatic heterocycles. The van der Waals surface area contributed by atoms with E-state index in [1.165, 1.54) is 17.0 Å². The van der Waals surface area contributed by atoms with Crippen molar-refractivity contribution in [2.75, 3.05) is 20.6 Å². The van der Waals surface area contributed by atoms with Gasteiger partial charge in [-0.3, -0.25) is 9.48 Å². The highest BCUT2D eigenvalue weighted by atomic mass is 35.5. The van der Waals surface area contributed by atoms with E-state index in [4.69, 9.17) is 11.6 Å². The van der Waals surface area contributed by atoms with Gasteiger partial charge >= 0.3 is 0 Å². The number of aromatic hydroxyl groups is 1. The molecule has 0 saturated heterocycles. The van der Waals surface area contributed by atoms with Gasteiger partial charge in [-0.2, -0.15) is 5.10 Å². The van der Waals surface area contributed by atoms with Gasteiger partial charge in [-0.1, -0.05) is 24.3 Å². The molecule has 0 radical (unpaired) electrons. The van der Waals surface area contributed by atoms with Gasteiger partial charge in [0.25, 0.3) is 5.91 Å². The number of fused-ring (bicyclic) bond motifs is 3. The molecule has 0 fully saturated rings. The molecule has 3 heterocycles. The molecule has 0 bridgehead atoms. The molecule has 11 heteroatoms. The molecule has 0 aliphatic carbocycles. The van der Waals surface area contributed by atoms with Crippen LogP contribution in [0.5, 0.6) is 5.75 Å². The Morgan fingerprint density at radius 3 is 2.69 bits per heavy atom. The number of nitrogens with one attached hydrogen (secondary N) is 1. The van der Waals surface area contributed by atoms with E-state index in [9.17, 15) is 9.90 Å². The van der Waals surface area contributed by atoms with Gasteiger partial charge in [-0.25, -0.2) is 18.7 Å². The van der Waals surface area contributed by atoms with Crippen LogP contribution in [0.3, 0.4) is 0 Å². The normalized spacial score (nSPS) is 13.5. The largest absolute Gasteiger partial charge is 0.508 e. The quantitative estimate of drug-likeness (QED) is 0.303. The molecule has 6 rings (SSSR count). The molecule has 0 spiro atoms. The number of amides is 1. The fourth-order valence-corrected chi connectivity index (χ4v) is 5.31. The summed E-state index contributed by atoms with van der Waals surface area (Å²) >= 11 is 6.32. The zero-order valence-electron chi connectivity index (χ0n) is 21.1. The SMILES string of the molecule is CN(C)C(=O)c1nn2c(c1-c1nc(Cl)nc3c(F)c(-c4cc(O)cc5ccccc45)c(F)cc13)CNCCC2. The maximum absolute atomic E-state index is 16.3. The van der Waals surface area contributed by atoms with Gasteiger partial charge in [0.15, 0.2) is 11.5 Å². The molecule has 2 aromatic heterocycles. The minimum Gasteiger partial charge on any atom is -0.508 e. The second-order valence-corrected chi connectivity index (χ2v) is 9.96. The van der Waals surface area contributed by atoms with Crippen molar-refractivity contribution in [3.05, 3.63) is 70.8 Å². The summed E-state index contributed by atoms with van der Waals surface area (Å²) < 4.78 is 33.9. The molecule has 2 N–H and O–H groups in total. The number of halogens is 3. The first kappa shape index (κ1) is 25.1. The van der Waals surface area contributed by atoms with Crippen molar-refractivity contribution in [3.8, 4) is 28.1 Å². The summed E-state index contributed by atoms with van der Waals surface area (Å²) in [6.07, 6.45) is 0.791. The molecule has 1 aliphatic rings. The Morgan fingerprint density at radius 2 is 1.90 bits per heavy atom. The summed E-state index contributed by atoms with van der Waals surface area (Å²) in [7, 11) is 3.20. The Bertz CT molecular complexity index is 1800. The zero-order chi connectivity index (χ0) is 27.4. The number of carbonyl (C=O) groups is 1. The minimum absolute atomic E-state index is 0.0514. The molecule has 39 heavy (non-hydrogen) atoms. The second-order valence-electron chi connectivity index (χ2n) is 9.62. The lowest BCUT2D eigenvalue weighted by atomic mass is 9.94. The van der Waals surface area contributed by atoms with Crippen molar-refractivity contribution >= 4 is 39.2 Å². The molecule has 198 valence electrons. The average Bonchev–Trinajstić information content (AvgIpc) is 3.09. The first-order chi connectivity index (χ1) is 18.7. The first-order valence-corrected chi connectivity index (χ1v) is 12.7. The van der Waals surface area contributed by atoms with Gasteiger partial charge in [0.1, 0.15) is 17.1 Å². The molecule has 1 amide bonds. The van der Waals surface area contributed by atoms with Gasteiger partial charge < -0.3 is 15.3 Å². The number of phenolic OH excluding ortho intramolecular Hbond substituents is 1. The van der Waals surface area contributed by atoms with Crippen molar-refractivity contribution in [1.29, 1.82) is 0 Å². The molecule has 8 nitrogen and oxygen atoms in total. The van der Waals surface area contributed by atoms with Crippen molar-refractivity contribution in [2.45, 2.75) is 19.5 Å². The maximum atomic E-state index is 16.3. The highest BCUT2D eigenvalue weighted by molar-refractivity contribution is 6.29. The van der Waals surface area contributed by atoms with Gasteiger partial charge in [-0.05, 0) is 59.1 Å². The monoisotopic (exact) mass is 548 g/mol. The van der Waals surface area contributed by atoms with Crippen LogP contribution in [-0.4, -0.2) is 56.3 Å². The summed E-state index contributed by atoms with van der Waals surface area (Å²) in [4.78, 5) is 23.0. The third-order valence-corrected chi connectivity index (χ3v) is 7.06. The Balaban J connectivity index is 1.67. The Kier molecular flexibility index (Phi) is 6.16. The summed E-state index contributed by atoms with van der Waals surface area (Å²) in [5.41, 5.74) is 0.855. The standard InChI is InChI=1S/C28H23ClF2N6O2/c1-36(2)27(39)26-22(20-13-32-8-5-9-37(20)35-26)24-18-12-19(30)21(23(31)25(18)34-28(29)33-24)17-11-15(38)10-14-6-3-4-7-16(14)17/h3-4,6-7,10-12,32,38H,5,8-9,13H2,1-2H3. The van der Waals surface area contributed by atoms with Crippen LogP contribution in [-0.2, 0) is 13.1 Å². The summed E-state index contributed by atoms with van der Waals surface area (Å²) in [5, 5.41) is 19.1. The fourth-order valence-electron chi connectivity index (χ4n) is 5.14. The topological polar surface area (TPSA) is 96.2 Å². The van der Waals surface area contributed by atoms with E-state index >= 15 is 8.78 Å². The number of aromatic nitrogens is 4. The van der Waals surface area contributed by atoms with Crippen LogP contribution in [0, 0.1) is 11.6 Å². The van der Waals surface area contributed by atoms with E-state index in [0.717, 1.165) is 19.0 Å². The van der Waals surface area contributed by atoms with Crippen LogP contribution in [0.25, 0.3) is 44.1 Å². The number of benzene rings is 3. The molecule has 3 aromatic carbocycles. The van der Waals surface area contributed by atoms with Gasteiger partial charge in [-0.15, -0.1) is 0 Å². The Hall–Kier alpha value is -4.15. The molecular weight excluding hydrogens is 526 g/mol. The number of hydrogen-bond acceptors (Lipinski definition) is 6. The smallest absolute Gasteiger partial charge is 0.274 e. The lowest BCUT2D eigenvalue weighted by molar-refractivity contribution is 0.0821. The van der Waals surface area contributed by atoms with E-state index in [2.05, 4.69) is 20.4 Å². The zero-order valence-corrected chi connectivity index (χ0v) is 21.9. The molecule has 5 aromatic rings. The molecular formula is C28H23ClF2N6O2. The lowest BCUT2D eigenvalue weighted by Gasteiger charge is -2.15. The van der Waals surface area contributed by atoms with Crippen LogP contribution in [0.1, 0.15) is 22.6 Å². The summed E-state index contributed by atoms with van der Waals surface area (Å²) in [6.45, 7) is 1.68. The van der Waals surface area contributed by atoms with Gasteiger partial charge in [0.05, 0.1) is 22.5 Å². The maximum Gasteiger partial charge on any atom is 0.274 e. The fraction of sp³-hybridized carbons (Fsp3) is 0.214. The van der Waals surface area contributed by atoms with Crippen LogP contribution in [0.2, 0.25) is 5.28 Å². The summed E-state index contributed by atoms with van der Waals surface area (Å²) in [5.74, 6) is -2.34. The number of phenols is 1. The van der Waals surface area contributed by atoms with Crippen LogP contribution < -0.4 is 5.32 Å². The highest BCUT2D eigenvalue weighted by Gasteiger charge is 2.30. The second kappa shape index (κ2) is 9.55. The average molecular weight is 549 g/mol. The molecule has 0 unspecified atom stereocenters. The number of nitrogens with zero attached hydrogens (tertiary/aromatic N) is 5. The predicted molar refractivity (Wildman–Crippen MR) is 145 cm³/mol. The van der Waals surface area contributed by atoms with Crippen molar-refractivity contribution in [3.63, 3.8) is 0 Å². The minimum atomic E-state index is -0.955. The Labute approximate surface area is 226 Å². The third kappa shape index (κ3) is 4.16. The number of carbonyl (C=O) groups excluding carboxylic acids is 1. The van der Waals surface area contributed by atoms with Crippen molar-refractivity contribution in [1.82, 2.24) is 30.0 Å². The van der Waals surface area contributed by atoms with Gasteiger partial charge in [0.2, 0.25) is 5.28 Å². The number of hydrogen-bond donors (Lipinski definition) is 2. The number of aryl methyl sites for hydroxylation is 1. The van der Waals surface area contributed by atoms with Crippen LogP contribution in [0.4, 0.5) is 8.78 Å². The molecule has 0 atom stereocenters. The van der Waals surface area contributed by atoms with E-state index in [-0.39, 0.29) is 50.4 Å². The lowest BCUT2D eigenvalue weighted by Crippen LogP contribution is -2.23. The third-order valence-electron chi connectivity index (χ3n) is 6.89. The van der Waals surface area contributed by atoms with Crippen LogP contribution in [0.15, 0.2) is 42.5 Å². The summed E-state index contributed by atoms with van der Waals surface area (Å²) in [6, 6.07) is 11.0. The predicted octanol–water partition coefficient (Wildman–Crippen LogP) is 5.15. The first-order valence-electron chi connectivity index (χ1n) is 12.3. The van der Waals surface area contributed by atoms with Gasteiger partial charge in [0, 0.05) is 32.6 Å².